The molecule has 0 saturated heterocycles. The van der Waals surface area contributed by atoms with Crippen molar-refractivity contribution in [2.45, 2.75) is 19.9 Å². The summed E-state index contributed by atoms with van der Waals surface area (Å²) in [6.45, 7) is 3.03. The maximum absolute atomic E-state index is 13.5. The summed E-state index contributed by atoms with van der Waals surface area (Å²) in [6.07, 6.45) is 1.78. The maximum atomic E-state index is 13.5. The SMILES string of the molecule is COC(=O)C1=C(C)N=c2sc(=Cc3ccc(OC)cc3)c(=O)n2C1c1ccc(OC(C)=O)cc1. The number of carbonyl (C=O) groups excluding carboxylic acids is 2. The highest BCUT2D eigenvalue weighted by Crippen LogP contribution is 2.31. The average molecular weight is 479 g/mol. The molecule has 174 valence electrons. The fraction of sp³-hybridized carbons (Fsp3) is 0.200. The summed E-state index contributed by atoms with van der Waals surface area (Å²) in [7, 11) is 2.88. The van der Waals surface area contributed by atoms with E-state index in [1.807, 2.05) is 24.3 Å². The van der Waals surface area contributed by atoms with E-state index < -0.39 is 18.0 Å². The zero-order valence-corrected chi connectivity index (χ0v) is 19.8. The second kappa shape index (κ2) is 9.48. The van der Waals surface area contributed by atoms with E-state index in [9.17, 15) is 14.4 Å². The van der Waals surface area contributed by atoms with Crippen LogP contribution in [0.2, 0.25) is 0 Å². The minimum atomic E-state index is -0.743. The molecule has 0 spiro atoms. The first-order valence-corrected chi connectivity index (χ1v) is 11.2. The molecule has 0 N–H and O–H groups in total. The first kappa shape index (κ1) is 23.2. The van der Waals surface area contributed by atoms with Gasteiger partial charge in [0, 0.05) is 6.92 Å². The Hall–Kier alpha value is -3.98. The van der Waals surface area contributed by atoms with E-state index >= 15 is 0 Å². The Morgan fingerprint density at radius 2 is 1.68 bits per heavy atom. The normalized spacial score (nSPS) is 15.4. The van der Waals surface area contributed by atoms with Crippen LogP contribution in [-0.2, 0) is 14.3 Å². The zero-order chi connectivity index (χ0) is 24.4. The van der Waals surface area contributed by atoms with Gasteiger partial charge in [0.15, 0.2) is 4.80 Å². The zero-order valence-electron chi connectivity index (χ0n) is 19.0. The summed E-state index contributed by atoms with van der Waals surface area (Å²) in [5.41, 5.74) is 1.95. The third kappa shape index (κ3) is 4.42. The molecule has 1 aromatic heterocycles. The van der Waals surface area contributed by atoms with Crippen LogP contribution in [0.1, 0.15) is 31.0 Å². The number of hydrogen-bond acceptors (Lipinski definition) is 8. The second-order valence-corrected chi connectivity index (χ2v) is 8.52. The highest BCUT2D eigenvalue weighted by molar-refractivity contribution is 7.07. The van der Waals surface area contributed by atoms with Crippen LogP contribution >= 0.6 is 11.3 Å². The third-order valence-corrected chi connectivity index (χ3v) is 6.28. The Labute approximate surface area is 199 Å². The molecular weight excluding hydrogens is 456 g/mol. The lowest BCUT2D eigenvalue weighted by molar-refractivity contribution is -0.136. The van der Waals surface area contributed by atoms with Crippen molar-refractivity contribution in [3.63, 3.8) is 0 Å². The monoisotopic (exact) mass is 478 g/mol. The van der Waals surface area contributed by atoms with Gasteiger partial charge in [-0.15, -0.1) is 0 Å². The Balaban J connectivity index is 1.88. The van der Waals surface area contributed by atoms with Crippen molar-refractivity contribution in [2.24, 2.45) is 4.99 Å². The smallest absolute Gasteiger partial charge is 0.338 e. The lowest BCUT2D eigenvalue weighted by atomic mass is 9.96. The number of rotatable bonds is 5. The molecule has 34 heavy (non-hydrogen) atoms. The molecule has 1 unspecified atom stereocenters. The molecule has 0 radical (unpaired) electrons. The van der Waals surface area contributed by atoms with Crippen molar-refractivity contribution >= 4 is 29.4 Å². The minimum Gasteiger partial charge on any atom is -0.497 e. The highest BCUT2D eigenvalue weighted by Gasteiger charge is 2.33. The van der Waals surface area contributed by atoms with Gasteiger partial charge in [0.1, 0.15) is 11.5 Å². The Morgan fingerprint density at radius 3 is 2.26 bits per heavy atom. The molecule has 0 fully saturated rings. The standard InChI is InChI=1S/C25H22N2O6S/c1-14-21(24(30)32-4)22(17-7-11-19(12-8-17)33-15(2)28)27-23(29)20(34-25(27)26-14)13-16-5-9-18(31-3)10-6-16/h5-13,22H,1-4H3. The molecule has 3 aromatic rings. The van der Waals surface area contributed by atoms with Gasteiger partial charge < -0.3 is 14.2 Å². The number of esters is 2. The molecule has 0 aliphatic carbocycles. The van der Waals surface area contributed by atoms with Crippen molar-refractivity contribution in [3.05, 3.63) is 90.6 Å². The number of fused-ring (bicyclic) bond motifs is 1. The molecule has 1 aliphatic heterocycles. The van der Waals surface area contributed by atoms with Crippen molar-refractivity contribution in [1.29, 1.82) is 0 Å². The maximum Gasteiger partial charge on any atom is 0.338 e. The average Bonchev–Trinajstić information content (AvgIpc) is 3.12. The summed E-state index contributed by atoms with van der Waals surface area (Å²) in [5, 5.41) is 0. The molecule has 0 amide bonds. The van der Waals surface area contributed by atoms with Gasteiger partial charge in [-0.3, -0.25) is 14.2 Å². The van der Waals surface area contributed by atoms with Gasteiger partial charge in [-0.25, -0.2) is 9.79 Å². The largest absolute Gasteiger partial charge is 0.497 e. The molecule has 2 aromatic carbocycles. The van der Waals surface area contributed by atoms with E-state index in [0.29, 0.717) is 32.1 Å². The predicted octanol–water partition coefficient (Wildman–Crippen LogP) is 2.34. The number of hydrogen-bond donors (Lipinski definition) is 0. The van der Waals surface area contributed by atoms with Gasteiger partial charge in [-0.2, -0.15) is 0 Å². The van der Waals surface area contributed by atoms with Crippen LogP contribution in [0.3, 0.4) is 0 Å². The van der Waals surface area contributed by atoms with Crippen molar-refractivity contribution < 1.29 is 23.8 Å². The number of thiazole rings is 1. The Morgan fingerprint density at radius 1 is 1.03 bits per heavy atom. The van der Waals surface area contributed by atoms with Crippen LogP contribution in [0, 0.1) is 0 Å². The quantitative estimate of drug-likeness (QED) is 0.413. The van der Waals surface area contributed by atoms with E-state index in [0.717, 1.165) is 5.56 Å². The van der Waals surface area contributed by atoms with E-state index in [1.165, 1.54) is 29.9 Å². The Kier molecular flexibility index (Phi) is 6.47. The van der Waals surface area contributed by atoms with Crippen LogP contribution < -0.4 is 24.4 Å². The molecule has 2 heterocycles. The molecule has 8 nitrogen and oxygen atoms in total. The molecule has 0 bridgehead atoms. The van der Waals surface area contributed by atoms with Gasteiger partial charge in [-0.05, 0) is 48.4 Å². The van der Waals surface area contributed by atoms with Crippen LogP contribution in [0.15, 0.2) is 69.6 Å². The number of methoxy groups -OCH3 is 2. The van der Waals surface area contributed by atoms with Crippen LogP contribution in [0.4, 0.5) is 0 Å². The molecule has 9 heteroatoms. The van der Waals surface area contributed by atoms with Crippen molar-refractivity contribution in [3.8, 4) is 11.5 Å². The molecular formula is C25H22N2O6S. The summed E-state index contributed by atoms with van der Waals surface area (Å²) >= 11 is 1.24. The number of nitrogens with zero attached hydrogens (tertiary/aromatic N) is 2. The lowest BCUT2D eigenvalue weighted by Crippen LogP contribution is -2.39. The van der Waals surface area contributed by atoms with E-state index in [4.69, 9.17) is 14.2 Å². The van der Waals surface area contributed by atoms with E-state index in [-0.39, 0.29) is 11.1 Å². The molecule has 1 aliphatic rings. The first-order valence-electron chi connectivity index (χ1n) is 10.4. The number of allylic oxidation sites excluding steroid dienone is 1. The number of ether oxygens (including phenoxy) is 3. The van der Waals surface area contributed by atoms with Crippen LogP contribution in [0.25, 0.3) is 6.08 Å². The number of benzene rings is 2. The van der Waals surface area contributed by atoms with Gasteiger partial charge in [0.05, 0.1) is 36.1 Å². The van der Waals surface area contributed by atoms with Crippen LogP contribution in [0.5, 0.6) is 11.5 Å². The number of aromatic nitrogens is 1. The molecule has 0 saturated carbocycles. The predicted molar refractivity (Wildman–Crippen MR) is 127 cm³/mol. The second-order valence-electron chi connectivity index (χ2n) is 7.51. The minimum absolute atomic E-state index is 0.270. The van der Waals surface area contributed by atoms with Gasteiger partial charge >= 0.3 is 11.9 Å². The highest BCUT2D eigenvalue weighted by atomic mass is 32.1. The first-order chi connectivity index (χ1) is 16.3. The van der Waals surface area contributed by atoms with Gasteiger partial charge in [0.2, 0.25) is 0 Å². The van der Waals surface area contributed by atoms with Gasteiger partial charge in [0.25, 0.3) is 5.56 Å². The van der Waals surface area contributed by atoms with Gasteiger partial charge in [-0.1, -0.05) is 35.6 Å². The summed E-state index contributed by atoms with van der Waals surface area (Å²) in [6, 6.07) is 13.3. The summed E-state index contributed by atoms with van der Waals surface area (Å²) < 4.78 is 17.3. The topological polar surface area (TPSA) is 96.2 Å². The van der Waals surface area contributed by atoms with E-state index in [1.54, 1.807) is 44.4 Å². The third-order valence-electron chi connectivity index (χ3n) is 5.30. The fourth-order valence-electron chi connectivity index (χ4n) is 3.74. The van der Waals surface area contributed by atoms with Crippen LogP contribution in [-0.4, -0.2) is 30.7 Å². The van der Waals surface area contributed by atoms with E-state index in [2.05, 4.69) is 4.99 Å². The molecule has 1 atom stereocenters. The van der Waals surface area contributed by atoms with Crippen molar-refractivity contribution in [1.82, 2.24) is 4.57 Å². The molecule has 4 rings (SSSR count). The summed E-state index contributed by atoms with van der Waals surface area (Å²) in [4.78, 5) is 42.5. The number of carbonyl (C=O) groups is 2. The van der Waals surface area contributed by atoms with Crippen molar-refractivity contribution in [2.75, 3.05) is 14.2 Å². The summed E-state index contributed by atoms with van der Waals surface area (Å²) in [5.74, 6) is 0.0719. The fourth-order valence-corrected chi connectivity index (χ4v) is 4.79. The lowest BCUT2D eigenvalue weighted by Gasteiger charge is -2.24. The Bertz CT molecular complexity index is 1460.